The van der Waals surface area contributed by atoms with Gasteiger partial charge < -0.3 is 4.55 Å². The third kappa shape index (κ3) is 14.0. The summed E-state index contributed by atoms with van der Waals surface area (Å²) >= 11 is -3.24. The Labute approximate surface area is 168 Å². The van der Waals surface area contributed by atoms with Crippen molar-refractivity contribution < 1.29 is 38.1 Å². The fraction of sp³-hybridized carbons (Fsp3) is 1.00. The monoisotopic (exact) mass is 470 g/mol. The van der Waals surface area contributed by atoms with Crippen molar-refractivity contribution >= 4 is 42.5 Å². The van der Waals surface area contributed by atoms with Crippen molar-refractivity contribution in [3.05, 3.63) is 0 Å². The fourth-order valence-corrected chi connectivity index (χ4v) is 5.84. The molecule has 13 heteroatoms. The van der Waals surface area contributed by atoms with Gasteiger partial charge in [0.15, 0.2) is 16.5 Å². The maximum Gasteiger partial charge on any atom is 0.271 e. The second-order valence-electron chi connectivity index (χ2n) is 5.85. The van der Waals surface area contributed by atoms with Gasteiger partial charge in [0, 0.05) is 6.92 Å². The van der Waals surface area contributed by atoms with Crippen LogP contribution in [-0.4, -0.2) is 60.8 Å². The molecular formula is C14H30O9S4. The molecule has 0 saturated heterocycles. The van der Waals surface area contributed by atoms with Crippen LogP contribution in [0.1, 0.15) is 52.9 Å². The van der Waals surface area contributed by atoms with E-state index in [-0.39, 0.29) is 24.5 Å². The Bertz CT molecular complexity index is 631. The molecule has 0 saturated carbocycles. The lowest BCUT2D eigenvalue weighted by atomic mass is 10.2. The van der Waals surface area contributed by atoms with Crippen LogP contribution in [0.3, 0.4) is 0 Å². The van der Waals surface area contributed by atoms with Gasteiger partial charge in [0.2, 0.25) is 5.44 Å². The molecular weight excluding hydrogens is 440 g/mol. The van der Waals surface area contributed by atoms with Crippen LogP contribution in [0.2, 0.25) is 0 Å². The van der Waals surface area contributed by atoms with Crippen LogP contribution in [0.5, 0.6) is 0 Å². The first-order valence-corrected chi connectivity index (χ1v) is 14.5. The summed E-state index contributed by atoms with van der Waals surface area (Å²) in [6.07, 6.45) is 3.57. The fourth-order valence-electron chi connectivity index (χ4n) is 1.77. The molecule has 0 aliphatic rings. The van der Waals surface area contributed by atoms with Crippen molar-refractivity contribution in [3.63, 3.8) is 0 Å². The molecule has 0 amide bonds. The summed E-state index contributed by atoms with van der Waals surface area (Å²) in [7, 11) is -7.60. The van der Waals surface area contributed by atoms with Crippen LogP contribution < -0.4 is 0 Å². The van der Waals surface area contributed by atoms with Crippen LogP contribution >= 0.6 is 0 Å². The van der Waals surface area contributed by atoms with E-state index in [4.69, 9.17) is 12.5 Å². The lowest BCUT2D eigenvalue weighted by Crippen LogP contribution is -2.25. The highest BCUT2D eigenvalue weighted by Gasteiger charge is 2.23. The predicted molar refractivity (Wildman–Crippen MR) is 106 cm³/mol. The molecule has 0 radical (unpaired) electrons. The van der Waals surface area contributed by atoms with E-state index in [2.05, 4.69) is 0 Å². The smallest absolute Gasteiger partial charge is 0.271 e. The molecule has 0 aromatic carbocycles. The average Bonchev–Trinajstić information content (AvgIpc) is 2.54. The number of unbranched alkanes of at least 4 members (excludes halogenated alkanes) is 3. The molecule has 164 valence electrons. The van der Waals surface area contributed by atoms with Gasteiger partial charge >= 0.3 is 0 Å². The first-order valence-electron chi connectivity index (χ1n) is 8.58. The second-order valence-corrected chi connectivity index (χ2v) is 12.4. The number of hydrogen-bond acceptors (Lipinski definition) is 9. The average molecular weight is 471 g/mol. The lowest BCUT2D eigenvalue weighted by molar-refractivity contribution is 0.266. The van der Waals surface area contributed by atoms with Gasteiger partial charge in [0.1, 0.15) is 0 Å². The molecule has 0 aromatic rings. The highest BCUT2D eigenvalue weighted by molar-refractivity contribution is 7.92. The third-order valence-corrected chi connectivity index (χ3v) is 8.30. The summed E-state index contributed by atoms with van der Waals surface area (Å²) in [6, 6.07) is 0. The Kier molecular flexibility index (Phi) is 13.6. The third-order valence-electron chi connectivity index (χ3n) is 3.24. The molecule has 0 N–H and O–H groups in total. The molecule has 0 spiro atoms. The van der Waals surface area contributed by atoms with Gasteiger partial charge in [0.05, 0.1) is 24.4 Å². The zero-order valence-electron chi connectivity index (χ0n) is 16.1. The lowest BCUT2D eigenvalue weighted by Gasteiger charge is -2.14. The highest BCUT2D eigenvalue weighted by atomic mass is 32.2. The molecule has 0 rings (SSSR count). The van der Waals surface area contributed by atoms with Crippen LogP contribution in [0.15, 0.2) is 0 Å². The second kappa shape index (κ2) is 13.5. The maximum absolute atomic E-state index is 11.8. The molecule has 4 atom stereocenters. The minimum atomic E-state index is -3.84. The van der Waals surface area contributed by atoms with E-state index in [1.165, 1.54) is 20.1 Å². The molecule has 0 aliphatic carbocycles. The van der Waals surface area contributed by atoms with Gasteiger partial charge in [-0.1, -0.05) is 19.8 Å². The van der Waals surface area contributed by atoms with E-state index in [0.29, 0.717) is 25.7 Å². The van der Waals surface area contributed by atoms with Gasteiger partial charge in [-0.05, 0) is 37.4 Å². The van der Waals surface area contributed by atoms with Crippen LogP contribution in [0.4, 0.5) is 0 Å². The largest absolute Gasteiger partial charge is 0.615 e. The van der Waals surface area contributed by atoms with Crippen molar-refractivity contribution in [2.24, 2.45) is 0 Å². The molecule has 0 fully saturated rings. The normalized spacial score (nSPS) is 17.4. The van der Waals surface area contributed by atoms with E-state index in [9.17, 15) is 25.6 Å². The van der Waals surface area contributed by atoms with Crippen molar-refractivity contribution in [3.8, 4) is 0 Å². The first kappa shape index (κ1) is 27.2. The molecule has 0 bridgehead atoms. The van der Waals surface area contributed by atoms with Gasteiger partial charge in [-0.15, -0.1) is 0 Å². The topological polar surface area (TPSA) is 136 Å². The van der Waals surface area contributed by atoms with Gasteiger partial charge in [-0.2, -0.15) is 16.8 Å². The highest BCUT2D eigenvalue weighted by Crippen LogP contribution is 2.12. The van der Waals surface area contributed by atoms with Crippen molar-refractivity contribution in [2.45, 2.75) is 63.7 Å². The maximum atomic E-state index is 11.8. The summed E-state index contributed by atoms with van der Waals surface area (Å²) in [4.78, 5) is 0. The van der Waals surface area contributed by atoms with Crippen molar-refractivity contribution in [1.29, 1.82) is 0 Å². The Morgan fingerprint density at radius 2 is 1.44 bits per heavy atom. The van der Waals surface area contributed by atoms with Crippen LogP contribution in [-0.2, 0) is 55.0 Å². The summed E-state index contributed by atoms with van der Waals surface area (Å²) in [5.74, 6) is -0.472. The Hall–Kier alpha value is 0.240. The summed E-state index contributed by atoms with van der Waals surface area (Å²) in [5, 5.41) is 0. The van der Waals surface area contributed by atoms with Crippen LogP contribution in [0, 0.1) is 0 Å². The molecule has 27 heavy (non-hydrogen) atoms. The molecule has 9 nitrogen and oxygen atoms in total. The van der Waals surface area contributed by atoms with Crippen molar-refractivity contribution in [1.82, 2.24) is 0 Å². The summed E-state index contributed by atoms with van der Waals surface area (Å²) in [5.41, 5.74) is -1.99. The van der Waals surface area contributed by atoms with Gasteiger partial charge in [0.25, 0.3) is 20.2 Å². The molecule has 0 heterocycles. The minimum absolute atomic E-state index is 0.220. The zero-order chi connectivity index (χ0) is 21.1. The predicted octanol–water partition coefficient (Wildman–Crippen LogP) is 1.40. The standard InChI is InChI=1S/C14H30O9S4/c1-5-10-21-25(16)14(3)23-27(19,20)12-9-7-6-8-11-26(17,18)22-13(2)24(4)15/h13-14H,5-12H2,1-4H3. The van der Waals surface area contributed by atoms with Gasteiger partial charge in [-0.3, -0.25) is 8.37 Å². The van der Waals surface area contributed by atoms with Gasteiger partial charge in [-0.25, -0.2) is 8.39 Å². The number of rotatable bonds is 16. The molecule has 0 aromatic heterocycles. The molecule has 0 aliphatic heterocycles. The Balaban J connectivity index is 4.08. The summed E-state index contributed by atoms with van der Waals surface area (Å²) < 4.78 is 84.3. The quantitative estimate of drug-likeness (QED) is 0.186. The van der Waals surface area contributed by atoms with E-state index >= 15 is 0 Å². The van der Waals surface area contributed by atoms with E-state index < -0.39 is 53.4 Å². The Morgan fingerprint density at radius 1 is 0.963 bits per heavy atom. The first-order chi connectivity index (χ1) is 12.4. The summed E-state index contributed by atoms with van der Waals surface area (Å²) in [6.45, 7) is 4.86. The van der Waals surface area contributed by atoms with E-state index in [1.807, 2.05) is 6.92 Å². The Morgan fingerprint density at radius 3 is 1.89 bits per heavy atom. The molecule has 4 unspecified atom stereocenters. The van der Waals surface area contributed by atoms with Crippen molar-refractivity contribution in [2.75, 3.05) is 24.4 Å². The van der Waals surface area contributed by atoms with Crippen LogP contribution in [0.25, 0.3) is 0 Å². The zero-order valence-corrected chi connectivity index (χ0v) is 19.4. The number of hydrogen-bond donors (Lipinski definition) is 0. The van der Waals surface area contributed by atoms with E-state index in [1.54, 1.807) is 0 Å². The minimum Gasteiger partial charge on any atom is -0.615 e. The SMILES string of the molecule is CCCOS(=O)C(C)OS(=O)(=O)CCCCCCS(=O)(=O)OC(C)[S+](C)[O-]. The van der Waals surface area contributed by atoms with E-state index in [0.717, 1.165) is 0 Å².